The molecule has 24 heavy (non-hydrogen) atoms. The Morgan fingerprint density at radius 1 is 1.08 bits per heavy atom. The average molecular weight is 324 g/mol. The van der Waals surface area contributed by atoms with E-state index >= 15 is 0 Å². The Hall–Kier alpha value is -2.96. The second-order valence-electron chi connectivity index (χ2n) is 5.92. The Bertz CT molecular complexity index is 897. The van der Waals surface area contributed by atoms with Crippen molar-refractivity contribution in [3.8, 4) is 11.5 Å². The van der Waals surface area contributed by atoms with E-state index in [1.807, 2.05) is 10.7 Å². The lowest BCUT2D eigenvalue weighted by atomic mass is 10.2. The summed E-state index contributed by atoms with van der Waals surface area (Å²) in [5, 5.41) is 4.63. The Labute approximate surface area is 138 Å². The number of hydrogen-bond acceptors (Lipinski definition) is 5. The second-order valence-corrected chi connectivity index (χ2v) is 5.92. The van der Waals surface area contributed by atoms with Crippen LogP contribution < -0.4 is 11.5 Å². The fourth-order valence-electron chi connectivity index (χ4n) is 3.20. The van der Waals surface area contributed by atoms with Gasteiger partial charge >= 0.3 is 0 Å². The number of fused-ring (bicyclic) bond motifs is 1. The summed E-state index contributed by atoms with van der Waals surface area (Å²) in [5.74, 6) is 0.824. The van der Waals surface area contributed by atoms with Crippen LogP contribution in [-0.2, 0) is 19.4 Å². The van der Waals surface area contributed by atoms with Crippen LogP contribution in [0.4, 0.5) is 16.0 Å². The molecule has 0 spiro atoms. The largest absolute Gasteiger partial charge is 0.384 e. The van der Waals surface area contributed by atoms with Crippen molar-refractivity contribution in [3.63, 3.8) is 0 Å². The zero-order valence-corrected chi connectivity index (χ0v) is 13.0. The van der Waals surface area contributed by atoms with Gasteiger partial charge in [-0.15, -0.1) is 0 Å². The van der Waals surface area contributed by atoms with E-state index in [1.165, 1.54) is 12.1 Å². The predicted octanol–water partition coefficient (Wildman–Crippen LogP) is 2.18. The first kappa shape index (κ1) is 14.6. The van der Waals surface area contributed by atoms with Gasteiger partial charge in [0.25, 0.3) is 0 Å². The van der Waals surface area contributed by atoms with E-state index in [0.29, 0.717) is 35.3 Å². The molecule has 122 valence electrons. The third-order valence-electron chi connectivity index (χ3n) is 4.26. The van der Waals surface area contributed by atoms with Crippen molar-refractivity contribution in [2.45, 2.75) is 25.8 Å². The fourth-order valence-corrected chi connectivity index (χ4v) is 3.20. The number of rotatable bonds is 3. The number of anilines is 2. The molecular formula is C17H17FN6. The number of nitrogen functional groups attached to an aromatic ring is 2. The molecule has 6 nitrogen and oxygen atoms in total. The highest BCUT2D eigenvalue weighted by Crippen LogP contribution is 2.31. The van der Waals surface area contributed by atoms with E-state index in [9.17, 15) is 4.39 Å². The third kappa shape index (κ3) is 2.47. The van der Waals surface area contributed by atoms with Crippen LogP contribution in [0.3, 0.4) is 0 Å². The van der Waals surface area contributed by atoms with Crippen LogP contribution in [0.5, 0.6) is 0 Å². The quantitative estimate of drug-likeness (QED) is 0.770. The molecule has 7 heteroatoms. The SMILES string of the molecule is Nc1cc(N)nc(-c2nn(Cc3ccccc3F)c3c2CCC3)n1. The van der Waals surface area contributed by atoms with Gasteiger partial charge in [-0.05, 0) is 25.3 Å². The lowest BCUT2D eigenvalue weighted by Crippen LogP contribution is -2.07. The van der Waals surface area contributed by atoms with Gasteiger partial charge < -0.3 is 11.5 Å². The summed E-state index contributed by atoms with van der Waals surface area (Å²) in [6, 6.07) is 8.25. The van der Waals surface area contributed by atoms with Crippen molar-refractivity contribution in [3.05, 3.63) is 53.0 Å². The number of nitrogens with two attached hydrogens (primary N) is 2. The predicted molar refractivity (Wildman–Crippen MR) is 89.6 cm³/mol. The van der Waals surface area contributed by atoms with Gasteiger partial charge in [-0.2, -0.15) is 5.10 Å². The van der Waals surface area contributed by atoms with Gasteiger partial charge in [-0.25, -0.2) is 14.4 Å². The zero-order valence-electron chi connectivity index (χ0n) is 13.0. The summed E-state index contributed by atoms with van der Waals surface area (Å²) in [7, 11) is 0. The number of nitrogens with zero attached hydrogens (tertiary/aromatic N) is 4. The van der Waals surface area contributed by atoms with E-state index in [-0.39, 0.29) is 5.82 Å². The fraction of sp³-hybridized carbons (Fsp3) is 0.235. The van der Waals surface area contributed by atoms with E-state index < -0.39 is 0 Å². The van der Waals surface area contributed by atoms with Gasteiger partial charge in [-0.3, -0.25) is 4.68 Å². The van der Waals surface area contributed by atoms with Crippen LogP contribution in [-0.4, -0.2) is 19.7 Å². The first-order valence-electron chi connectivity index (χ1n) is 7.84. The molecule has 4 N–H and O–H groups in total. The van der Waals surface area contributed by atoms with Crippen molar-refractivity contribution in [1.82, 2.24) is 19.7 Å². The highest BCUT2D eigenvalue weighted by molar-refractivity contribution is 5.61. The Morgan fingerprint density at radius 2 is 1.83 bits per heavy atom. The number of aromatic nitrogens is 4. The molecule has 1 aliphatic rings. The van der Waals surface area contributed by atoms with Gasteiger partial charge in [0.2, 0.25) is 0 Å². The first-order chi connectivity index (χ1) is 11.6. The van der Waals surface area contributed by atoms with Gasteiger partial charge in [-0.1, -0.05) is 18.2 Å². The van der Waals surface area contributed by atoms with E-state index in [0.717, 1.165) is 30.5 Å². The molecule has 0 radical (unpaired) electrons. The second kappa shape index (κ2) is 5.59. The number of halogens is 1. The van der Waals surface area contributed by atoms with E-state index in [1.54, 1.807) is 12.1 Å². The van der Waals surface area contributed by atoms with Crippen molar-refractivity contribution in [1.29, 1.82) is 0 Å². The molecule has 0 saturated carbocycles. The maximum absolute atomic E-state index is 14.0. The summed E-state index contributed by atoms with van der Waals surface area (Å²) < 4.78 is 15.8. The average Bonchev–Trinajstić information content (AvgIpc) is 3.12. The normalized spacial score (nSPS) is 13.2. The van der Waals surface area contributed by atoms with Crippen LogP contribution in [0.25, 0.3) is 11.5 Å². The highest BCUT2D eigenvalue weighted by Gasteiger charge is 2.25. The van der Waals surface area contributed by atoms with Crippen molar-refractivity contribution in [2.24, 2.45) is 0 Å². The van der Waals surface area contributed by atoms with Crippen LogP contribution in [0, 0.1) is 5.82 Å². The zero-order chi connectivity index (χ0) is 16.7. The summed E-state index contributed by atoms with van der Waals surface area (Å²) in [4.78, 5) is 8.51. The minimum absolute atomic E-state index is 0.231. The maximum atomic E-state index is 14.0. The molecule has 0 saturated heterocycles. The minimum atomic E-state index is -0.231. The molecule has 4 rings (SSSR count). The molecule has 3 aromatic rings. The van der Waals surface area contributed by atoms with E-state index in [2.05, 4.69) is 15.1 Å². The molecule has 1 aliphatic carbocycles. The highest BCUT2D eigenvalue weighted by atomic mass is 19.1. The van der Waals surface area contributed by atoms with Gasteiger partial charge in [0.05, 0.1) is 6.54 Å². The molecular weight excluding hydrogens is 307 g/mol. The summed E-state index contributed by atoms with van der Waals surface area (Å²) in [6.45, 7) is 0.382. The molecule has 0 aliphatic heterocycles. The van der Waals surface area contributed by atoms with Crippen LogP contribution in [0.15, 0.2) is 30.3 Å². The smallest absolute Gasteiger partial charge is 0.184 e. The lowest BCUT2D eigenvalue weighted by Gasteiger charge is -2.06. The molecule has 0 atom stereocenters. The molecule has 2 aromatic heterocycles. The molecule has 2 heterocycles. The summed E-state index contributed by atoms with van der Waals surface area (Å²) in [5.41, 5.74) is 15.1. The topological polar surface area (TPSA) is 95.6 Å². The molecule has 0 amide bonds. The molecule has 0 fully saturated rings. The Morgan fingerprint density at radius 3 is 2.58 bits per heavy atom. The van der Waals surface area contributed by atoms with E-state index in [4.69, 9.17) is 11.5 Å². The summed E-state index contributed by atoms with van der Waals surface area (Å²) in [6.07, 6.45) is 2.85. The Balaban J connectivity index is 1.79. The van der Waals surface area contributed by atoms with Crippen molar-refractivity contribution in [2.75, 3.05) is 11.5 Å². The van der Waals surface area contributed by atoms with Crippen LogP contribution in [0.1, 0.15) is 23.2 Å². The van der Waals surface area contributed by atoms with Crippen LogP contribution >= 0.6 is 0 Å². The lowest BCUT2D eigenvalue weighted by molar-refractivity contribution is 0.576. The maximum Gasteiger partial charge on any atom is 0.184 e. The molecule has 0 unspecified atom stereocenters. The number of hydrogen-bond donors (Lipinski definition) is 2. The Kier molecular flexibility index (Phi) is 3.41. The van der Waals surface area contributed by atoms with Crippen molar-refractivity contribution >= 4 is 11.6 Å². The summed E-state index contributed by atoms with van der Waals surface area (Å²) >= 11 is 0. The van der Waals surface area contributed by atoms with Gasteiger partial charge in [0, 0.05) is 22.9 Å². The van der Waals surface area contributed by atoms with Crippen LogP contribution in [0.2, 0.25) is 0 Å². The first-order valence-corrected chi connectivity index (χ1v) is 7.84. The third-order valence-corrected chi connectivity index (χ3v) is 4.26. The monoisotopic (exact) mass is 324 g/mol. The van der Waals surface area contributed by atoms with Crippen molar-refractivity contribution < 1.29 is 4.39 Å². The molecule has 1 aromatic carbocycles. The molecule has 0 bridgehead atoms. The standard InChI is InChI=1S/C17H17FN6/c18-12-6-2-1-4-10(12)9-24-13-7-3-5-11(13)16(23-24)17-21-14(19)8-15(20)22-17/h1-2,4,6,8H,3,5,7,9H2,(H4,19,20,21,22). The number of benzene rings is 1. The minimum Gasteiger partial charge on any atom is -0.384 e. The van der Waals surface area contributed by atoms with Gasteiger partial charge in [0.15, 0.2) is 5.82 Å². The van der Waals surface area contributed by atoms with Gasteiger partial charge in [0.1, 0.15) is 23.1 Å².